The maximum atomic E-state index is 10.9. The van der Waals surface area contributed by atoms with E-state index < -0.39 is 4.92 Å². The topological polar surface area (TPSA) is 56.0 Å². The summed E-state index contributed by atoms with van der Waals surface area (Å²) in [6, 6.07) is 6.37. The quantitative estimate of drug-likeness (QED) is 0.612. The third kappa shape index (κ3) is 2.54. The van der Waals surface area contributed by atoms with Gasteiger partial charge in [0.25, 0.3) is 5.69 Å². The van der Waals surface area contributed by atoms with Crippen LogP contribution in [0, 0.1) is 10.1 Å². The summed E-state index contributed by atoms with van der Waals surface area (Å²) >= 11 is 11.7. The van der Waals surface area contributed by atoms with Crippen molar-refractivity contribution < 1.29 is 4.92 Å². The summed E-state index contributed by atoms with van der Waals surface area (Å²) in [6.45, 7) is 0. The number of nitrogens with zero attached hydrogens (tertiary/aromatic N) is 2. The average Bonchev–Trinajstić information content (AvgIpc) is 2.27. The van der Waals surface area contributed by atoms with Gasteiger partial charge in [0.15, 0.2) is 0 Å². The van der Waals surface area contributed by atoms with Gasteiger partial charge in [-0.15, -0.1) is 0 Å². The lowest BCUT2D eigenvalue weighted by atomic mass is 10.1. The molecule has 0 aliphatic carbocycles. The van der Waals surface area contributed by atoms with E-state index in [1.165, 1.54) is 12.4 Å². The monoisotopic (exact) mass is 268 g/mol. The molecule has 0 radical (unpaired) electrons. The van der Waals surface area contributed by atoms with Gasteiger partial charge in [-0.3, -0.25) is 15.1 Å². The largest absolute Gasteiger partial charge is 0.295 e. The number of aromatic nitrogens is 1. The highest BCUT2D eigenvalue weighted by molar-refractivity contribution is 6.35. The molecule has 0 N–H and O–H groups in total. The van der Waals surface area contributed by atoms with E-state index in [9.17, 15) is 10.1 Å². The van der Waals surface area contributed by atoms with E-state index in [1.54, 1.807) is 24.3 Å². The van der Waals surface area contributed by atoms with Gasteiger partial charge in [-0.25, -0.2) is 0 Å². The highest BCUT2D eigenvalue weighted by Crippen LogP contribution is 2.32. The van der Waals surface area contributed by atoms with Crippen LogP contribution in [0.3, 0.4) is 0 Å². The van der Waals surface area contributed by atoms with Gasteiger partial charge in [0.2, 0.25) is 0 Å². The average molecular weight is 269 g/mol. The number of hydrogen-bond acceptors (Lipinski definition) is 3. The molecule has 17 heavy (non-hydrogen) atoms. The summed E-state index contributed by atoms with van der Waals surface area (Å²) in [5, 5.41) is 11.7. The second kappa shape index (κ2) is 4.69. The predicted octanol–water partition coefficient (Wildman–Crippen LogP) is 3.96. The lowest BCUT2D eigenvalue weighted by molar-refractivity contribution is -0.384. The van der Waals surface area contributed by atoms with E-state index in [1.807, 2.05) is 0 Å². The molecule has 0 atom stereocenters. The van der Waals surface area contributed by atoms with Crippen LogP contribution in [0.25, 0.3) is 11.1 Å². The van der Waals surface area contributed by atoms with Crippen LogP contribution in [0.5, 0.6) is 0 Å². The van der Waals surface area contributed by atoms with Crippen molar-refractivity contribution in [3.8, 4) is 11.1 Å². The van der Waals surface area contributed by atoms with Crippen molar-refractivity contribution in [2.75, 3.05) is 0 Å². The van der Waals surface area contributed by atoms with E-state index in [2.05, 4.69) is 4.98 Å². The Labute approximate surface area is 107 Å². The van der Waals surface area contributed by atoms with Crippen molar-refractivity contribution in [3.05, 3.63) is 56.8 Å². The van der Waals surface area contributed by atoms with Gasteiger partial charge in [0.1, 0.15) is 6.20 Å². The Kier molecular flexibility index (Phi) is 3.26. The Morgan fingerprint density at radius 1 is 1.18 bits per heavy atom. The van der Waals surface area contributed by atoms with Crippen LogP contribution >= 0.6 is 23.2 Å². The minimum Gasteiger partial charge on any atom is -0.258 e. The summed E-state index contributed by atoms with van der Waals surface area (Å²) in [6.07, 6.45) is 2.68. The zero-order valence-electron chi connectivity index (χ0n) is 8.43. The smallest absolute Gasteiger partial charge is 0.258 e. The van der Waals surface area contributed by atoms with Gasteiger partial charge in [-0.1, -0.05) is 23.2 Å². The normalized spacial score (nSPS) is 10.2. The summed E-state index contributed by atoms with van der Waals surface area (Å²) in [4.78, 5) is 14.1. The minimum absolute atomic E-state index is 0.0779. The molecule has 0 aliphatic heterocycles. The lowest BCUT2D eigenvalue weighted by Gasteiger charge is -2.04. The number of nitro groups is 1. The van der Waals surface area contributed by atoms with Crippen molar-refractivity contribution >= 4 is 28.9 Å². The van der Waals surface area contributed by atoms with Gasteiger partial charge in [0, 0.05) is 16.2 Å². The van der Waals surface area contributed by atoms with Crippen LogP contribution in [0.4, 0.5) is 5.69 Å². The molecule has 2 aromatic rings. The third-order valence-corrected chi connectivity index (χ3v) is 2.61. The molecule has 0 bridgehead atoms. The molecule has 2 rings (SSSR count). The molecule has 86 valence electrons. The van der Waals surface area contributed by atoms with E-state index in [0.29, 0.717) is 21.2 Å². The van der Waals surface area contributed by atoms with Gasteiger partial charge in [-0.2, -0.15) is 0 Å². The van der Waals surface area contributed by atoms with E-state index in [-0.39, 0.29) is 5.69 Å². The van der Waals surface area contributed by atoms with Crippen LogP contribution in [0.2, 0.25) is 10.0 Å². The molecule has 0 spiro atoms. The fraction of sp³-hybridized carbons (Fsp3) is 0. The van der Waals surface area contributed by atoms with Gasteiger partial charge in [-0.05, 0) is 29.8 Å². The second-order valence-electron chi connectivity index (χ2n) is 3.31. The van der Waals surface area contributed by atoms with Crippen LogP contribution in [0.15, 0.2) is 36.7 Å². The molecule has 6 heteroatoms. The Morgan fingerprint density at radius 2 is 1.82 bits per heavy atom. The number of pyridine rings is 1. The standard InChI is InChI=1S/C11H6Cl2N2O2/c12-8-3-7(4-9(13)5-8)10-1-2-14-6-11(10)15(16)17/h1-6H. The first kappa shape index (κ1) is 11.8. The summed E-state index contributed by atoms with van der Waals surface area (Å²) in [7, 11) is 0. The number of benzene rings is 1. The van der Waals surface area contributed by atoms with Crippen molar-refractivity contribution in [1.29, 1.82) is 0 Å². The first-order valence-corrected chi connectivity index (χ1v) is 5.38. The van der Waals surface area contributed by atoms with Crippen molar-refractivity contribution in [1.82, 2.24) is 4.98 Å². The van der Waals surface area contributed by atoms with Crippen molar-refractivity contribution in [2.24, 2.45) is 0 Å². The number of rotatable bonds is 2. The Bertz CT molecular complexity index is 567. The Hall–Kier alpha value is -1.65. The maximum absolute atomic E-state index is 10.9. The molecular weight excluding hydrogens is 263 g/mol. The molecule has 0 saturated heterocycles. The molecule has 1 aromatic heterocycles. The third-order valence-electron chi connectivity index (χ3n) is 2.17. The molecule has 4 nitrogen and oxygen atoms in total. The fourth-order valence-electron chi connectivity index (χ4n) is 1.49. The highest BCUT2D eigenvalue weighted by Gasteiger charge is 2.15. The van der Waals surface area contributed by atoms with E-state index in [4.69, 9.17) is 23.2 Å². The molecule has 0 aliphatic rings. The molecule has 1 aromatic carbocycles. The first-order valence-electron chi connectivity index (χ1n) is 4.63. The Balaban J connectivity index is 2.64. The molecular formula is C11H6Cl2N2O2. The van der Waals surface area contributed by atoms with Crippen LogP contribution in [-0.2, 0) is 0 Å². The second-order valence-corrected chi connectivity index (χ2v) is 4.18. The predicted molar refractivity (Wildman–Crippen MR) is 66.3 cm³/mol. The number of halogens is 2. The molecule has 0 saturated carbocycles. The number of hydrogen-bond donors (Lipinski definition) is 0. The van der Waals surface area contributed by atoms with Gasteiger partial charge < -0.3 is 0 Å². The van der Waals surface area contributed by atoms with Crippen molar-refractivity contribution in [3.63, 3.8) is 0 Å². The molecule has 0 unspecified atom stereocenters. The lowest BCUT2D eigenvalue weighted by Crippen LogP contribution is -1.92. The van der Waals surface area contributed by atoms with Gasteiger partial charge >= 0.3 is 0 Å². The molecule has 0 amide bonds. The van der Waals surface area contributed by atoms with Crippen LogP contribution < -0.4 is 0 Å². The van der Waals surface area contributed by atoms with Gasteiger partial charge in [0.05, 0.1) is 10.5 Å². The fourth-order valence-corrected chi connectivity index (χ4v) is 2.01. The highest BCUT2D eigenvalue weighted by atomic mass is 35.5. The van der Waals surface area contributed by atoms with E-state index in [0.717, 1.165) is 0 Å². The zero-order chi connectivity index (χ0) is 12.4. The molecule has 0 fully saturated rings. The maximum Gasteiger partial charge on any atom is 0.295 e. The Morgan fingerprint density at radius 3 is 2.41 bits per heavy atom. The SMILES string of the molecule is O=[N+]([O-])c1cnccc1-c1cc(Cl)cc(Cl)c1. The molecule has 1 heterocycles. The minimum atomic E-state index is -0.489. The van der Waals surface area contributed by atoms with Crippen molar-refractivity contribution in [2.45, 2.75) is 0 Å². The first-order chi connectivity index (χ1) is 8.08. The summed E-state index contributed by atoms with van der Waals surface area (Å²) in [5.74, 6) is 0. The summed E-state index contributed by atoms with van der Waals surface area (Å²) in [5.41, 5.74) is 0.955. The summed E-state index contributed by atoms with van der Waals surface area (Å²) < 4.78 is 0. The zero-order valence-corrected chi connectivity index (χ0v) is 9.94. The van der Waals surface area contributed by atoms with Crippen LogP contribution in [-0.4, -0.2) is 9.91 Å². The van der Waals surface area contributed by atoms with E-state index >= 15 is 0 Å². The van der Waals surface area contributed by atoms with Crippen LogP contribution in [0.1, 0.15) is 0 Å².